The first-order valence-electron chi connectivity index (χ1n) is 11.6. The molecule has 0 bridgehead atoms. The van der Waals surface area contributed by atoms with Crippen LogP contribution in [-0.4, -0.2) is 71.6 Å². The molecule has 9 heteroatoms. The van der Waals surface area contributed by atoms with Gasteiger partial charge in [0.05, 0.1) is 13.2 Å². The fraction of sp³-hybridized carbons (Fsp3) is 0.864. The van der Waals surface area contributed by atoms with Crippen molar-refractivity contribution >= 4 is 29.9 Å². The van der Waals surface area contributed by atoms with Crippen LogP contribution in [-0.2, 0) is 18.3 Å². The van der Waals surface area contributed by atoms with Gasteiger partial charge in [-0.15, -0.1) is 34.2 Å². The molecule has 1 saturated carbocycles. The van der Waals surface area contributed by atoms with Crippen molar-refractivity contribution < 1.29 is 4.74 Å². The molecular formula is C22H42IN7O. The van der Waals surface area contributed by atoms with Gasteiger partial charge in [0.1, 0.15) is 12.4 Å². The number of rotatable bonds is 10. The maximum absolute atomic E-state index is 5.44. The van der Waals surface area contributed by atoms with Crippen molar-refractivity contribution in [2.45, 2.75) is 59.4 Å². The van der Waals surface area contributed by atoms with E-state index in [-0.39, 0.29) is 24.0 Å². The van der Waals surface area contributed by atoms with E-state index in [9.17, 15) is 0 Å². The highest BCUT2D eigenvalue weighted by Gasteiger charge is 2.37. The predicted molar refractivity (Wildman–Crippen MR) is 136 cm³/mol. The number of nitrogens with zero attached hydrogens (tertiary/aromatic N) is 5. The average Bonchev–Trinajstić information content (AvgIpc) is 3.03. The molecule has 31 heavy (non-hydrogen) atoms. The van der Waals surface area contributed by atoms with Crippen molar-refractivity contribution in [2.24, 2.45) is 23.4 Å². The van der Waals surface area contributed by atoms with E-state index in [2.05, 4.69) is 39.6 Å². The molecule has 3 rings (SSSR count). The molecular weight excluding hydrogens is 505 g/mol. The number of morpholine rings is 1. The molecule has 0 unspecified atom stereocenters. The van der Waals surface area contributed by atoms with E-state index in [4.69, 9.17) is 9.73 Å². The van der Waals surface area contributed by atoms with Gasteiger partial charge in [-0.1, -0.05) is 20.3 Å². The number of halogens is 1. The van der Waals surface area contributed by atoms with E-state index < -0.39 is 0 Å². The van der Waals surface area contributed by atoms with Gasteiger partial charge in [-0.05, 0) is 50.5 Å². The zero-order valence-corrected chi connectivity index (χ0v) is 22.2. The van der Waals surface area contributed by atoms with E-state index in [1.807, 2.05) is 18.5 Å². The summed E-state index contributed by atoms with van der Waals surface area (Å²) in [4.78, 5) is 7.31. The van der Waals surface area contributed by atoms with E-state index in [1.165, 1.54) is 25.7 Å². The summed E-state index contributed by atoms with van der Waals surface area (Å²) in [6.07, 6.45) is 6.38. The smallest absolute Gasteiger partial charge is 0.191 e. The third-order valence-electron chi connectivity index (χ3n) is 6.49. The highest BCUT2D eigenvalue weighted by atomic mass is 127. The fourth-order valence-electron chi connectivity index (χ4n) is 4.51. The number of guanidine groups is 1. The third-order valence-corrected chi connectivity index (χ3v) is 6.49. The highest BCUT2D eigenvalue weighted by Crippen LogP contribution is 2.45. The number of ether oxygens (including phenoxy) is 1. The summed E-state index contributed by atoms with van der Waals surface area (Å²) in [7, 11) is 2.00. The molecule has 2 heterocycles. The summed E-state index contributed by atoms with van der Waals surface area (Å²) in [6, 6.07) is 0. The van der Waals surface area contributed by atoms with Crippen molar-refractivity contribution in [3.8, 4) is 0 Å². The largest absolute Gasteiger partial charge is 0.379 e. The zero-order valence-electron chi connectivity index (χ0n) is 19.8. The summed E-state index contributed by atoms with van der Waals surface area (Å²) >= 11 is 0. The Hall–Kier alpha value is -0.940. The number of aromatic nitrogens is 3. The average molecular weight is 548 g/mol. The van der Waals surface area contributed by atoms with Crippen LogP contribution in [0, 0.1) is 18.3 Å². The van der Waals surface area contributed by atoms with Crippen LogP contribution in [0.15, 0.2) is 4.99 Å². The monoisotopic (exact) mass is 547 g/mol. The molecule has 2 aliphatic rings. The van der Waals surface area contributed by atoms with Gasteiger partial charge < -0.3 is 19.9 Å². The minimum atomic E-state index is 0. The molecule has 0 aromatic carbocycles. The van der Waals surface area contributed by atoms with Crippen molar-refractivity contribution in [3.05, 3.63) is 11.6 Å². The first kappa shape index (κ1) is 26.3. The fourth-order valence-corrected chi connectivity index (χ4v) is 4.51. The topological polar surface area (TPSA) is 79.6 Å². The van der Waals surface area contributed by atoms with E-state index in [0.717, 1.165) is 75.9 Å². The van der Waals surface area contributed by atoms with Crippen molar-refractivity contribution in [3.63, 3.8) is 0 Å². The first-order valence-corrected chi connectivity index (χ1v) is 11.6. The molecule has 2 N–H and O–H groups in total. The zero-order chi connectivity index (χ0) is 21.4. The Balaban J connectivity index is 0.00000341. The highest BCUT2D eigenvalue weighted by molar-refractivity contribution is 14.0. The van der Waals surface area contributed by atoms with Crippen LogP contribution in [0.5, 0.6) is 0 Å². The Morgan fingerprint density at radius 3 is 2.52 bits per heavy atom. The molecule has 2 fully saturated rings. The molecule has 0 atom stereocenters. The van der Waals surface area contributed by atoms with Crippen LogP contribution >= 0.6 is 24.0 Å². The van der Waals surface area contributed by atoms with Crippen LogP contribution < -0.4 is 10.6 Å². The van der Waals surface area contributed by atoms with Crippen molar-refractivity contribution in [1.82, 2.24) is 30.3 Å². The van der Waals surface area contributed by atoms with Crippen molar-refractivity contribution in [1.29, 1.82) is 0 Å². The predicted octanol–water partition coefficient (Wildman–Crippen LogP) is 2.72. The number of aryl methyl sites for hydroxylation is 1. The van der Waals surface area contributed by atoms with Gasteiger partial charge in [0.2, 0.25) is 0 Å². The Morgan fingerprint density at radius 2 is 1.94 bits per heavy atom. The minimum absolute atomic E-state index is 0. The maximum atomic E-state index is 5.44. The second-order valence-electron chi connectivity index (χ2n) is 9.43. The Kier molecular flexibility index (Phi) is 11.0. The number of hydrogen-bond donors (Lipinski definition) is 2. The Bertz CT molecular complexity index is 681. The molecule has 178 valence electrons. The maximum Gasteiger partial charge on any atom is 0.191 e. The van der Waals surface area contributed by atoms with Gasteiger partial charge in [-0.3, -0.25) is 4.90 Å². The number of nitrogens with one attached hydrogen (secondary N) is 2. The van der Waals surface area contributed by atoms with Crippen LogP contribution in [0.4, 0.5) is 0 Å². The Morgan fingerprint density at radius 1 is 1.19 bits per heavy atom. The van der Waals surface area contributed by atoms with Crippen LogP contribution in [0.3, 0.4) is 0 Å². The normalized spacial score (nSPS) is 19.1. The lowest BCUT2D eigenvalue weighted by atomic mass is 9.64. The summed E-state index contributed by atoms with van der Waals surface area (Å²) in [6.45, 7) is 14.0. The Labute approximate surface area is 205 Å². The first-order chi connectivity index (χ1) is 14.5. The van der Waals surface area contributed by atoms with Gasteiger partial charge in [0.25, 0.3) is 0 Å². The minimum Gasteiger partial charge on any atom is -0.379 e. The molecule has 0 spiro atoms. The van der Waals surface area contributed by atoms with Gasteiger partial charge >= 0.3 is 0 Å². The quantitative estimate of drug-likeness (QED) is 0.203. The summed E-state index contributed by atoms with van der Waals surface area (Å²) in [5.74, 6) is 3.43. The van der Waals surface area contributed by atoms with Gasteiger partial charge in [0.15, 0.2) is 11.8 Å². The number of aliphatic imine (C=N–C) groups is 1. The molecule has 1 aromatic heterocycles. The molecule has 1 aliphatic heterocycles. The van der Waals surface area contributed by atoms with Crippen LogP contribution in [0.2, 0.25) is 0 Å². The summed E-state index contributed by atoms with van der Waals surface area (Å²) in [5.41, 5.74) is 0.436. The lowest BCUT2D eigenvalue weighted by Gasteiger charge is -2.43. The lowest BCUT2D eigenvalue weighted by Crippen LogP contribution is -2.47. The second-order valence-corrected chi connectivity index (χ2v) is 9.43. The molecule has 0 radical (unpaired) electrons. The van der Waals surface area contributed by atoms with Crippen molar-refractivity contribution in [2.75, 3.05) is 45.9 Å². The second kappa shape index (κ2) is 12.9. The van der Waals surface area contributed by atoms with E-state index >= 15 is 0 Å². The third kappa shape index (κ3) is 8.16. The molecule has 1 saturated heterocycles. The van der Waals surface area contributed by atoms with E-state index in [0.29, 0.717) is 12.0 Å². The van der Waals surface area contributed by atoms with Crippen LogP contribution in [0.1, 0.15) is 57.6 Å². The number of hydrogen-bond acceptors (Lipinski definition) is 5. The summed E-state index contributed by atoms with van der Waals surface area (Å²) in [5, 5.41) is 15.6. The molecule has 8 nitrogen and oxygen atoms in total. The van der Waals surface area contributed by atoms with Gasteiger partial charge in [-0.25, -0.2) is 4.99 Å². The molecule has 1 aliphatic carbocycles. The van der Waals surface area contributed by atoms with Gasteiger partial charge in [0, 0.05) is 33.2 Å². The summed E-state index contributed by atoms with van der Waals surface area (Å²) < 4.78 is 7.44. The SMILES string of the molecule is Cc1nnc(CN=C(NCCCN2CCOCC2)NCC2(CC(C)C)CCC2)n1C.I. The standard InChI is InChI=1S/C22H41N7O.HI/c1-18(2)15-22(7-5-8-22)17-25-21(24-16-20-27-26-19(3)28(20)4)23-9-6-10-29-11-13-30-14-12-29;/h18H,5-17H2,1-4H3,(H2,23,24,25);1H. The lowest BCUT2D eigenvalue weighted by molar-refractivity contribution is 0.0376. The van der Waals surface area contributed by atoms with E-state index in [1.54, 1.807) is 0 Å². The molecule has 0 amide bonds. The van der Waals surface area contributed by atoms with Gasteiger partial charge in [-0.2, -0.15) is 0 Å². The molecule has 1 aromatic rings. The van der Waals surface area contributed by atoms with Crippen LogP contribution in [0.25, 0.3) is 0 Å².